The zero-order valence-electron chi connectivity index (χ0n) is 17.0. The Hall–Kier alpha value is -3.56. The van der Waals surface area contributed by atoms with Crippen LogP contribution in [0.25, 0.3) is 10.8 Å². The van der Waals surface area contributed by atoms with E-state index in [1.54, 1.807) is 48.5 Å². The van der Waals surface area contributed by atoms with E-state index in [2.05, 4.69) is 0 Å². The summed E-state index contributed by atoms with van der Waals surface area (Å²) >= 11 is 0. The Bertz CT molecular complexity index is 1270. The molecule has 0 aliphatic carbocycles. The van der Waals surface area contributed by atoms with Gasteiger partial charge in [0, 0.05) is 11.8 Å². The van der Waals surface area contributed by atoms with Gasteiger partial charge < -0.3 is 10.8 Å². The molecule has 3 aromatic carbocycles. The minimum atomic E-state index is -4.70. The fraction of sp³-hybridized carbons (Fsp3) is 0.174. The van der Waals surface area contributed by atoms with Crippen LogP contribution in [0.1, 0.15) is 18.4 Å². The van der Waals surface area contributed by atoms with Gasteiger partial charge in [-0.2, -0.15) is 0 Å². The Morgan fingerprint density at radius 2 is 1.53 bits per heavy atom. The summed E-state index contributed by atoms with van der Waals surface area (Å²) in [4.78, 5) is 33.5. The molecule has 3 rings (SSSR count). The van der Waals surface area contributed by atoms with Crippen molar-refractivity contribution in [2.45, 2.75) is 29.0 Å². The molecule has 0 aromatic heterocycles. The molecule has 0 aliphatic heterocycles. The largest absolute Gasteiger partial charge is 0.481 e. The van der Waals surface area contributed by atoms with E-state index in [0.717, 1.165) is 5.56 Å². The third-order valence-electron chi connectivity index (χ3n) is 5.05. The van der Waals surface area contributed by atoms with E-state index in [4.69, 9.17) is 5.73 Å². The van der Waals surface area contributed by atoms with Gasteiger partial charge >= 0.3 is 5.97 Å². The lowest BCUT2D eigenvalue weighted by Gasteiger charge is -2.26. The molecule has 0 fully saturated rings. The van der Waals surface area contributed by atoms with Gasteiger partial charge in [0.05, 0.1) is 11.3 Å². The minimum Gasteiger partial charge on any atom is -0.481 e. The lowest BCUT2D eigenvalue weighted by atomic mass is 10.1. The lowest BCUT2D eigenvalue weighted by Crippen LogP contribution is -2.61. The van der Waals surface area contributed by atoms with Crippen molar-refractivity contribution in [3.63, 3.8) is 0 Å². The molecule has 0 aliphatic rings. The van der Waals surface area contributed by atoms with E-state index in [9.17, 15) is 27.9 Å². The summed E-state index contributed by atoms with van der Waals surface area (Å²) in [6.45, 7) is 0. The summed E-state index contributed by atoms with van der Waals surface area (Å²) in [6.07, 6.45) is -1.00. The number of carbonyl (C=O) groups is 3. The van der Waals surface area contributed by atoms with Gasteiger partial charge in [-0.25, -0.2) is 8.42 Å². The van der Waals surface area contributed by atoms with Crippen LogP contribution < -0.4 is 11.1 Å². The highest BCUT2D eigenvalue weighted by molar-refractivity contribution is 7.93. The maximum atomic E-state index is 13.4. The van der Waals surface area contributed by atoms with Crippen molar-refractivity contribution in [3.8, 4) is 0 Å². The van der Waals surface area contributed by atoms with Gasteiger partial charge in [-0.3, -0.25) is 19.7 Å². The third kappa shape index (κ3) is 4.68. The SMILES string of the molecule is N[C@@](CC(=O)O)(C(=O)NC(=O)CCc1ccccc1)S(=O)(=O)c1cccc2ccccc12. The lowest BCUT2D eigenvalue weighted by molar-refractivity contribution is -0.141. The number of hydrogen-bond acceptors (Lipinski definition) is 6. The molecule has 1 atom stereocenters. The third-order valence-corrected chi connectivity index (χ3v) is 7.28. The Labute approximate surface area is 185 Å². The van der Waals surface area contributed by atoms with Crippen molar-refractivity contribution in [2.24, 2.45) is 5.73 Å². The number of sulfone groups is 1. The van der Waals surface area contributed by atoms with Crippen molar-refractivity contribution < 1.29 is 27.9 Å². The number of fused-ring (bicyclic) bond motifs is 1. The van der Waals surface area contributed by atoms with E-state index < -0.39 is 38.9 Å². The zero-order valence-corrected chi connectivity index (χ0v) is 17.8. The number of rotatable bonds is 8. The molecular weight excluding hydrogens is 432 g/mol. The maximum Gasteiger partial charge on any atom is 0.306 e. The van der Waals surface area contributed by atoms with Gasteiger partial charge in [-0.05, 0) is 23.4 Å². The van der Waals surface area contributed by atoms with Gasteiger partial charge in [0.25, 0.3) is 5.91 Å². The first kappa shape index (κ1) is 23.1. The molecule has 0 heterocycles. The van der Waals surface area contributed by atoms with Crippen LogP contribution in [0.15, 0.2) is 77.7 Å². The standard InChI is InChI=1S/C23H22N2O6S/c24-23(15-21(27)28,22(29)25-20(26)14-13-16-7-2-1-3-8-16)32(30,31)19-12-6-10-17-9-4-5-11-18(17)19/h1-12H,13-15,24H2,(H,27,28)(H,25,26,29)/t23-/m1/s1. The number of imide groups is 1. The molecule has 4 N–H and O–H groups in total. The van der Waals surface area contributed by atoms with E-state index in [1.807, 2.05) is 11.4 Å². The number of carboxylic acids is 1. The average Bonchev–Trinajstić information content (AvgIpc) is 2.77. The number of aliphatic carboxylic acids is 1. The molecule has 32 heavy (non-hydrogen) atoms. The maximum absolute atomic E-state index is 13.4. The summed E-state index contributed by atoms with van der Waals surface area (Å²) in [5.41, 5.74) is 6.82. The van der Waals surface area contributed by atoms with Crippen LogP contribution in [0.5, 0.6) is 0 Å². The molecule has 8 nitrogen and oxygen atoms in total. The Morgan fingerprint density at radius 1 is 0.906 bits per heavy atom. The number of nitrogens with one attached hydrogen (secondary N) is 1. The van der Waals surface area contributed by atoms with E-state index in [1.165, 1.54) is 18.2 Å². The molecule has 0 saturated carbocycles. The highest BCUT2D eigenvalue weighted by Gasteiger charge is 2.50. The summed E-state index contributed by atoms with van der Waals surface area (Å²) in [6, 6.07) is 20.0. The van der Waals surface area contributed by atoms with Crippen LogP contribution in [0.4, 0.5) is 0 Å². The second kappa shape index (κ2) is 9.29. The van der Waals surface area contributed by atoms with Crippen molar-refractivity contribution in [2.75, 3.05) is 0 Å². The van der Waals surface area contributed by atoms with Crippen LogP contribution >= 0.6 is 0 Å². The van der Waals surface area contributed by atoms with E-state index >= 15 is 0 Å². The Balaban J connectivity index is 1.91. The highest BCUT2D eigenvalue weighted by Crippen LogP contribution is 2.31. The van der Waals surface area contributed by atoms with E-state index in [-0.39, 0.29) is 11.3 Å². The number of hydrogen-bond donors (Lipinski definition) is 3. The molecule has 0 radical (unpaired) electrons. The minimum absolute atomic E-state index is 0.104. The highest BCUT2D eigenvalue weighted by atomic mass is 32.2. The van der Waals surface area contributed by atoms with Crippen LogP contribution in [0.2, 0.25) is 0 Å². The Morgan fingerprint density at radius 3 is 2.22 bits per heavy atom. The van der Waals surface area contributed by atoms with Crippen molar-refractivity contribution in [1.82, 2.24) is 5.32 Å². The van der Waals surface area contributed by atoms with Crippen molar-refractivity contribution in [1.29, 1.82) is 0 Å². The second-order valence-corrected chi connectivity index (χ2v) is 9.48. The first-order chi connectivity index (χ1) is 15.1. The van der Waals surface area contributed by atoms with Crippen LogP contribution in [0, 0.1) is 0 Å². The van der Waals surface area contributed by atoms with Crippen LogP contribution in [0.3, 0.4) is 0 Å². The normalized spacial score (nSPS) is 13.3. The smallest absolute Gasteiger partial charge is 0.306 e. The fourth-order valence-corrected chi connectivity index (χ4v) is 5.08. The first-order valence-electron chi connectivity index (χ1n) is 9.76. The van der Waals surface area contributed by atoms with Gasteiger partial charge in [0.2, 0.25) is 20.6 Å². The van der Waals surface area contributed by atoms with Crippen LogP contribution in [-0.2, 0) is 30.6 Å². The molecule has 0 unspecified atom stereocenters. The van der Waals surface area contributed by atoms with Gasteiger partial charge in [-0.1, -0.05) is 66.7 Å². The molecule has 2 amide bonds. The van der Waals surface area contributed by atoms with E-state index in [0.29, 0.717) is 17.2 Å². The summed E-state index contributed by atoms with van der Waals surface area (Å²) in [5, 5.41) is 12.1. The first-order valence-corrected chi connectivity index (χ1v) is 11.2. The van der Waals surface area contributed by atoms with Crippen molar-refractivity contribution >= 4 is 38.4 Å². The summed E-state index contributed by atoms with van der Waals surface area (Å²) < 4.78 is 26.9. The second-order valence-electron chi connectivity index (χ2n) is 7.30. The number of nitrogens with two attached hydrogens (primary N) is 1. The van der Waals surface area contributed by atoms with Crippen molar-refractivity contribution in [3.05, 3.63) is 78.4 Å². The molecule has 0 saturated heterocycles. The monoisotopic (exact) mass is 454 g/mol. The number of carbonyl (C=O) groups excluding carboxylic acids is 2. The Kier molecular flexibility index (Phi) is 6.71. The summed E-state index contributed by atoms with van der Waals surface area (Å²) in [5.74, 6) is -3.73. The molecular formula is C23H22N2O6S. The predicted octanol–water partition coefficient (Wildman–Crippen LogP) is 2.02. The number of carboxylic acid groups (broad SMARTS) is 1. The van der Waals surface area contributed by atoms with Gasteiger partial charge in [0.1, 0.15) is 0 Å². The zero-order chi connectivity index (χ0) is 23.4. The van der Waals surface area contributed by atoms with Gasteiger partial charge in [0.15, 0.2) is 0 Å². The van der Waals surface area contributed by atoms with Gasteiger partial charge in [-0.15, -0.1) is 0 Å². The average molecular weight is 455 g/mol. The topological polar surface area (TPSA) is 144 Å². The number of benzene rings is 3. The quantitative estimate of drug-likeness (QED) is 0.472. The van der Waals surface area contributed by atoms with Crippen LogP contribution in [-0.4, -0.2) is 36.2 Å². The summed E-state index contributed by atoms with van der Waals surface area (Å²) in [7, 11) is -4.70. The molecule has 0 spiro atoms. The predicted molar refractivity (Wildman–Crippen MR) is 118 cm³/mol. The molecule has 166 valence electrons. The number of aryl methyl sites for hydroxylation is 1. The molecule has 3 aromatic rings. The molecule has 9 heteroatoms. The fourth-order valence-electron chi connectivity index (χ4n) is 3.35. The molecule has 0 bridgehead atoms. The number of amides is 2.